The van der Waals surface area contributed by atoms with Crippen molar-refractivity contribution >= 4 is 16.6 Å². The number of rotatable bonds is 1. The van der Waals surface area contributed by atoms with Crippen molar-refractivity contribution in [3.8, 4) is 0 Å². The first kappa shape index (κ1) is 11.6. The van der Waals surface area contributed by atoms with Crippen molar-refractivity contribution in [2.45, 2.75) is 12.5 Å². The molecule has 0 N–H and O–H groups in total. The second-order valence-electron chi connectivity index (χ2n) is 5.67. The third-order valence-corrected chi connectivity index (χ3v) is 4.54. The van der Waals surface area contributed by atoms with Crippen LogP contribution in [-0.2, 0) is 13.5 Å². The van der Waals surface area contributed by atoms with E-state index < -0.39 is 0 Å². The molecule has 2 heterocycles. The fraction of sp³-hybridized carbons (Fsp3) is 0.222. The molecule has 0 bridgehead atoms. The van der Waals surface area contributed by atoms with Gasteiger partial charge < -0.3 is 9.47 Å². The largest absolute Gasteiger partial charge is 0.367 e. The van der Waals surface area contributed by atoms with Crippen LogP contribution in [0.4, 0.5) is 5.69 Å². The molecular formula is C18H18N2. The van der Waals surface area contributed by atoms with Crippen LogP contribution in [-0.4, -0.2) is 11.6 Å². The number of nitrogens with zero attached hydrogens (tertiary/aromatic N) is 2. The Morgan fingerprint density at radius 1 is 0.950 bits per heavy atom. The van der Waals surface area contributed by atoms with E-state index in [9.17, 15) is 0 Å². The third kappa shape index (κ3) is 1.51. The zero-order valence-corrected chi connectivity index (χ0v) is 11.9. The summed E-state index contributed by atoms with van der Waals surface area (Å²) in [7, 11) is 4.34. The van der Waals surface area contributed by atoms with Crippen LogP contribution in [0.25, 0.3) is 10.9 Å². The van der Waals surface area contributed by atoms with Crippen molar-refractivity contribution in [1.82, 2.24) is 4.57 Å². The molecule has 3 aromatic rings. The van der Waals surface area contributed by atoms with Gasteiger partial charge in [0, 0.05) is 42.4 Å². The molecule has 100 valence electrons. The molecular weight excluding hydrogens is 244 g/mol. The van der Waals surface area contributed by atoms with Crippen LogP contribution in [0, 0.1) is 0 Å². The average molecular weight is 262 g/mol. The second-order valence-corrected chi connectivity index (χ2v) is 5.67. The maximum atomic E-state index is 2.41. The highest BCUT2D eigenvalue weighted by Crippen LogP contribution is 2.41. The molecule has 0 fully saturated rings. The van der Waals surface area contributed by atoms with Crippen molar-refractivity contribution in [2.75, 3.05) is 11.9 Å². The fourth-order valence-corrected chi connectivity index (χ4v) is 3.50. The molecule has 20 heavy (non-hydrogen) atoms. The van der Waals surface area contributed by atoms with Gasteiger partial charge in [0.25, 0.3) is 0 Å². The van der Waals surface area contributed by atoms with Gasteiger partial charge in [-0.25, -0.2) is 0 Å². The van der Waals surface area contributed by atoms with Gasteiger partial charge in [0.2, 0.25) is 0 Å². The van der Waals surface area contributed by atoms with Crippen LogP contribution >= 0.6 is 0 Å². The Morgan fingerprint density at radius 3 is 2.55 bits per heavy atom. The number of anilines is 1. The van der Waals surface area contributed by atoms with E-state index in [4.69, 9.17) is 0 Å². The van der Waals surface area contributed by atoms with Gasteiger partial charge in [0.15, 0.2) is 0 Å². The summed E-state index contributed by atoms with van der Waals surface area (Å²) >= 11 is 0. The highest BCUT2D eigenvalue weighted by Gasteiger charge is 2.29. The SMILES string of the molecule is CN1c2ccccc2CC1c1cn(C)c2ccccc12. The summed E-state index contributed by atoms with van der Waals surface area (Å²) in [5, 5.41) is 1.37. The van der Waals surface area contributed by atoms with Crippen molar-refractivity contribution in [3.05, 3.63) is 65.9 Å². The topological polar surface area (TPSA) is 8.17 Å². The maximum Gasteiger partial charge on any atom is 0.0601 e. The number of fused-ring (bicyclic) bond motifs is 2. The molecule has 1 aromatic heterocycles. The smallest absolute Gasteiger partial charge is 0.0601 e. The van der Waals surface area contributed by atoms with Gasteiger partial charge in [0.1, 0.15) is 0 Å². The second kappa shape index (κ2) is 4.14. The van der Waals surface area contributed by atoms with Crippen LogP contribution in [0.2, 0.25) is 0 Å². The molecule has 4 rings (SSSR count). The minimum atomic E-state index is 0.443. The Labute approximate surface area is 119 Å². The van der Waals surface area contributed by atoms with Crippen LogP contribution in [0.15, 0.2) is 54.7 Å². The molecule has 1 aliphatic heterocycles. The maximum absolute atomic E-state index is 2.41. The highest BCUT2D eigenvalue weighted by molar-refractivity contribution is 5.85. The van der Waals surface area contributed by atoms with E-state index in [1.165, 1.54) is 27.7 Å². The van der Waals surface area contributed by atoms with E-state index in [1.807, 2.05) is 0 Å². The molecule has 2 nitrogen and oxygen atoms in total. The summed E-state index contributed by atoms with van der Waals surface area (Å²) in [4.78, 5) is 2.41. The minimum Gasteiger partial charge on any atom is -0.367 e. The third-order valence-electron chi connectivity index (χ3n) is 4.54. The quantitative estimate of drug-likeness (QED) is 0.645. The predicted molar refractivity (Wildman–Crippen MR) is 84.2 cm³/mol. The summed E-state index contributed by atoms with van der Waals surface area (Å²) in [5.74, 6) is 0. The number of benzene rings is 2. The molecule has 0 spiro atoms. The van der Waals surface area contributed by atoms with Gasteiger partial charge >= 0.3 is 0 Å². The van der Waals surface area contributed by atoms with Gasteiger partial charge in [-0.05, 0) is 24.1 Å². The number of hydrogen-bond acceptors (Lipinski definition) is 1. The first-order valence-electron chi connectivity index (χ1n) is 7.10. The van der Waals surface area contributed by atoms with E-state index in [1.54, 1.807) is 0 Å². The fourth-order valence-electron chi connectivity index (χ4n) is 3.50. The van der Waals surface area contributed by atoms with E-state index in [-0.39, 0.29) is 0 Å². The standard InChI is InChI=1S/C18H18N2/c1-19-12-15(14-8-4-6-10-17(14)19)18-11-13-7-3-5-9-16(13)20(18)2/h3-10,12,18H,11H2,1-2H3. The van der Waals surface area contributed by atoms with Crippen molar-refractivity contribution in [3.63, 3.8) is 0 Å². The Balaban J connectivity index is 1.86. The molecule has 0 aliphatic carbocycles. The predicted octanol–water partition coefficient (Wildman–Crippen LogP) is 3.91. The van der Waals surface area contributed by atoms with E-state index in [0.717, 1.165) is 6.42 Å². The molecule has 1 unspecified atom stereocenters. The van der Waals surface area contributed by atoms with Gasteiger partial charge in [-0.15, -0.1) is 0 Å². The van der Waals surface area contributed by atoms with Gasteiger partial charge in [-0.1, -0.05) is 36.4 Å². The number of aromatic nitrogens is 1. The first-order chi connectivity index (χ1) is 9.75. The minimum absolute atomic E-state index is 0.443. The monoisotopic (exact) mass is 262 g/mol. The number of hydrogen-bond donors (Lipinski definition) is 0. The zero-order chi connectivity index (χ0) is 13.7. The summed E-state index contributed by atoms with van der Waals surface area (Å²) < 4.78 is 2.24. The average Bonchev–Trinajstić information content (AvgIpc) is 2.99. The van der Waals surface area contributed by atoms with Crippen molar-refractivity contribution in [2.24, 2.45) is 7.05 Å². The van der Waals surface area contributed by atoms with Gasteiger partial charge in [-0.3, -0.25) is 0 Å². The summed E-state index contributed by atoms with van der Waals surface area (Å²) in [6.45, 7) is 0. The van der Waals surface area contributed by atoms with E-state index >= 15 is 0 Å². The summed E-state index contributed by atoms with van der Waals surface area (Å²) in [6.07, 6.45) is 3.39. The lowest BCUT2D eigenvalue weighted by Crippen LogP contribution is -2.19. The normalized spacial score (nSPS) is 17.7. The Hall–Kier alpha value is -2.22. The lowest BCUT2D eigenvalue weighted by Gasteiger charge is -2.22. The van der Waals surface area contributed by atoms with Crippen LogP contribution in [0.3, 0.4) is 0 Å². The van der Waals surface area contributed by atoms with Crippen LogP contribution in [0.1, 0.15) is 17.2 Å². The van der Waals surface area contributed by atoms with E-state index in [2.05, 4.69) is 78.3 Å². The number of para-hydroxylation sites is 2. The molecule has 0 saturated heterocycles. The Kier molecular flexibility index (Phi) is 2.40. The molecule has 1 atom stereocenters. The van der Waals surface area contributed by atoms with Gasteiger partial charge in [0.05, 0.1) is 6.04 Å². The molecule has 2 heteroatoms. The molecule has 0 radical (unpaired) electrons. The zero-order valence-electron chi connectivity index (χ0n) is 11.9. The van der Waals surface area contributed by atoms with Crippen molar-refractivity contribution in [1.29, 1.82) is 0 Å². The first-order valence-corrected chi connectivity index (χ1v) is 7.10. The van der Waals surface area contributed by atoms with Crippen LogP contribution < -0.4 is 4.90 Å². The van der Waals surface area contributed by atoms with Crippen LogP contribution in [0.5, 0.6) is 0 Å². The number of likely N-dealkylation sites (N-methyl/N-ethyl adjacent to an activating group) is 1. The summed E-state index contributed by atoms with van der Waals surface area (Å²) in [5.41, 5.74) is 5.56. The highest BCUT2D eigenvalue weighted by atomic mass is 15.2. The van der Waals surface area contributed by atoms with Crippen molar-refractivity contribution < 1.29 is 0 Å². The molecule has 2 aromatic carbocycles. The molecule has 0 amide bonds. The Morgan fingerprint density at radius 2 is 1.70 bits per heavy atom. The van der Waals surface area contributed by atoms with Gasteiger partial charge in [-0.2, -0.15) is 0 Å². The summed E-state index contributed by atoms with van der Waals surface area (Å²) in [6, 6.07) is 17.9. The lowest BCUT2D eigenvalue weighted by molar-refractivity contribution is 0.717. The molecule has 1 aliphatic rings. The molecule has 0 saturated carbocycles. The Bertz CT molecular complexity index is 785. The number of aryl methyl sites for hydroxylation is 1. The lowest BCUT2D eigenvalue weighted by atomic mass is 10.0. The van der Waals surface area contributed by atoms with E-state index in [0.29, 0.717) is 6.04 Å².